The molecule has 1 aliphatic rings. The lowest BCUT2D eigenvalue weighted by Gasteiger charge is -2.26. The van der Waals surface area contributed by atoms with Gasteiger partial charge < -0.3 is 10.2 Å². The van der Waals surface area contributed by atoms with Crippen LogP contribution in [0.3, 0.4) is 0 Å². The third-order valence-electron chi connectivity index (χ3n) is 3.84. The van der Waals surface area contributed by atoms with E-state index in [0.29, 0.717) is 24.6 Å². The zero-order chi connectivity index (χ0) is 16.2. The van der Waals surface area contributed by atoms with Gasteiger partial charge in [0, 0.05) is 31.2 Å². The van der Waals surface area contributed by atoms with Gasteiger partial charge in [0.2, 0.25) is 11.8 Å². The molecule has 0 saturated carbocycles. The molecular weight excluding hydrogens is 310 g/mol. The molecule has 1 aromatic heterocycles. The molecule has 2 amide bonds. The highest BCUT2D eigenvalue weighted by Crippen LogP contribution is 2.28. The van der Waals surface area contributed by atoms with Crippen LogP contribution in [0.5, 0.6) is 0 Å². The predicted octanol–water partition coefficient (Wildman–Crippen LogP) is 2.62. The Bertz CT molecular complexity index is 712. The maximum Gasteiger partial charge on any atom is 0.223 e. The highest BCUT2D eigenvalue weighted by atomic mass is 32.1. The molecule has 1 aliphatic heterocycles. The monoisotopic (exact) mass is 329 g/mol. The van der Waals surface area contributed by atoms with Crippen LogP contribution in [0.15, 0.2) is 30.3 Å². The van der Waals surface area contributed by atoms with Crippen LogP contribution in [0.1, 0.15) is 29.5 Å². The second-order valence-corrected chi connectivity index (χ2v) is 6.70. The van der Waals surface area contributed by atoms with E-state index in [1.54, 1.807) is 0 Å². The van der Waals surface area contributed by atoms with E-state index in [0.717, 1.165) is 23.4 Å². The first-order chi connectivity index (χ1) is 11.1. The van der Waals surface area contributed by atoms with Crippen LogP contribution in [0, 0.1) is 0 Å². The Balaban J connectivity index is 1.59. The van der Waals surface area contributed by atoms with E-state index in [-0.39, 0.29) is 11.8 Å². The maximum atomic E-state index is 12.4. The molecule has 0 unspecified atom stereocenters. The summed E-state index contributed by atoms with van der Waals surface area (Å²) in [5.74, 6) is 0.0564. The number of rotatable bonds is 4. The van der Waals surface area contributed by atoms with Gasteiger partial charge in [0.15, 0.2) is 5.13 Å². The summed E-state index contributed by atoms with van der Waals surface area (Å²) in [5.41, 5.74) is 2.19. The fourth-order valence-electron chi connectivity index (χ4n) is 2.67. The SMILES string of the molecule is CC(=O)Nc1nc2c(s1)CN(C(=O)CCc1ccccc1)CC2. The van der Waals surface area contributed by atoms with Gasteiger partial charge in [-0.2, -0.15) is 0 Å². The van der Waals surface area contributed by atoms with Crippen molar-refractivity contribution in [1.29, 1.82) is 0 Å². The summed E-state index contributed by atoms with van der Waals surface area (Å²) < 4.78 is 0. The molecule has 5 nitrogen and oxygen atoms in total. The maximum absolute atomic E-state index is 12.4. The number of carbonyl (C=O) groups excluding carboxylic acids is 2. The van der Waals surface area contributed by atoms with Crippen LogP contribution < -0.4 is 5.32 Å². The molecule has 0 spiro atoms. The fourth-order valence-corrected chi connectivity index (χ4v) is 3.74. The van der Waals surface area contributed by atoms with Crippen molar-refractivity contribution < 1.29 is 9.59 Å². The molecule has 0 saturated heterocycles. The van der Waals surface area contributed by atoms with Crippen molar-refractivity contribution >= 4 is 28.3 Å². The van der Waals surface area contributed by atoms with Crippen molar-refractivity contribution in [1.82, 2.24) is 9.88 Å². The molecule has 2 aromatic rings. The lowest BCUT2D eigenvalue weighted by Crippen LogP contribution is -2.35. The second-order valence-electron chi connectivity index (χ2n) is 5.62. The number of aryl methyl sites for hydroxylation is 1. The van der Waals surface area contributed by atoms with Crippen molar-refractivity contribution in [2.75, 3.05) is 11.9 Å². The number of nitrogens with zero attached hydrogens (tertiary/aromatic N) is 2. The van der Waals surface area contributed by atoms with Crippen LogP contribution in [0.25, 0.3) is 0 Å². The first-order valence-corrected chi connectivity index (χ1v) is 8.51. The fraction of sp³-hybridized carbons (Fsp3) is 0.353. The quantitative estimate of drug-likeness (QED) is 0.938. The summed E-state index contributed by atoms with van der Waals surface area (Å²) in [6.45, 7) is 2.77. The highest BCUT2D eigenvalue weighted by Gasteiger charge is 2.24. The summed E-state index contributed by atoms with van der Waals surface area (Å²) in [6, 6.07) is 10.1. The van der Waals surface area contributed by atoms with Crippen molar-refractivity contribution in [2.24, 2.45) is 0 Å². The lowest BCUT2D eigenvalue weighted by molar-refractivity contribution is -0.132. The predicted molar refractivity (Wildman–Crippen MR) is 90.3 cm³/mol. The summed E-state index contributed by atoms with van der Waals surface area (Å²) in [7, 11) is 0. The minimum atomic E-state index is -0.119. The molecule has 0 bridgehead atoms. The zero-order valence-corrected chi connectivity index (χ0v) is 13.9. The van der Waals surface area contributed by atoms with Gasteiger partial charge in [-0.1, -0.05) is 41.7 Å². The summed E-state index contributed by atoms with van der Waals surface area (Å²) >= 11 is 1.46. The average Bonchev–Trinajstić information content (AvgIpc) is 2.94. The number of hydrogen-bond acceptors (Lipinski definition) is 4. The number of aromatic nitrogens is 1. The number of carbonyl (C=O) groups is 2. The molecule has 120 valence electrons. The van der Waals surface area contributed by atoms with E-state index in [9.17, 15) is 9.59 Å². The number of amides is 2. The third kappa shape index (κ3) is 3.96. The Labute approximate surface area is 139 Å². The van der Waals surface area contributed by atoms with Crippen LogP contribution in [-0.4, -0.2) is 28.2 Å². The van der Waals surface area contributed by atoms with Crippen molar-refractivity contribution in [2.45, 2.75) is 32.7 Å². The number of benzene rings is 1. The van der Waals surface area contributed by atoms with Crippen molar-refractivity contribution in [3.63, 3.8) is 0 Å². The number of fused-ring (bicyclic) bond motifs is 1. The van der Waals surface area contributed by atoms with Gasteiger partial charge in [0.25, 0.3) is 0 Å². The van der Waals surface area contributed by atoms with E-state index in [4.69, 9.17) is 0 Å². The van der Waals surface area contributed by atoms with E-state index >= 15 is 0 Å². The van der Waals surface area contributed by atoms with Crippen LogP contribution in [-0.2, 0) is 29.0 Å². The molecule has 2 heterocycles. The molecule has 23 heavy (non-hydrogen) atoms. The molecule has 0 fully saturated rings. The standard InChI is InChI=1S/C17H19N3O2S/c1-12(21)18-17-19-14-9-10-20(11-15(14)23-17)16(22)8-7-13-5-3-2-4-6-13/h2-6H,7-11H2,1H3,(H,18,19,21). The summed E-state index contributed by atoms with van der Waals surface area (Å²) in [6.07, 6.45) is 2.04. The van der Waals surface area contributed by atoms with Gasteiger partial charge in [-0.15, -0.1) is 0 Å². The largest absolute Gasteiger partial charge is 0.337 e. The Kier molecular flexibility index (Phi) is 4.71. The van der Waals surface area contributed by atoms with Crippen LogP contribution in [0.4, 0.5) is 5.13 Å². The topological polar surface area (TPSA) is 62.3 Å². The summed E-state index contributed by atoms with van der Waals surface area (Å²) in [5, 5.41) is 3.34. The smallest absolute Gasteiger partial charge is 0.223 e. The van der Waals surface area contributed by atoms with Crippen LogP contribution >= 0.6 is 11.3 Å². The molecule has 6 heteroatoms. The average molecular weight is 329 g/mol. The molecular formula is C17H19N3O2S. The van der Waals surface area contributed by atoms with Crippen molar-refractivity contribution in [3.8, 4) is 0 Å². The van der Waals surface area contributed by atoms with E-state index in [1.165, 1.54) is 23.8 Å². The highest BCUT2D eigenvalue weighted by molar-refractivity contribution is 7.15. The van der Waals surface area contributed by atoms with Gasteiger partial charge in [0.05, 0.1) is 12.2 Å². The molecule has 0 atom stereocenters. The second kappa shape index (κ2) is 6.91. The molecule has 1 aromatic carbocycles. The molecule has 0 aliphatic carbocycles. The molecule has 3 rings (SSSR count). The van der Waals surface area contributed by atoms with Gasteiger partial charge in [0.1, 0.15) is 0 Å². The van der Waals surface area contributed by atoms with E-state index in [1.807, 2.05) is 35.2 Å². The van der Waals surface area contributed by atoms with Gasteiger partial charge in [-0.3, -0.25) is 9.59 Å². The van der Waals surface area contributed by atoms with E-state index in [2.05, 4.69) is 10.3 Å². The van der Waals surface area contributed by atoms with Gasteiger partial charge >= 0.3 is 0 Å². The Hall–Kier alpha value is -2.21. The van der Waals surface area contributed by atoms with Gasteiger partial charge in [-0.25, -0.2) is 4.98 Å². The lowest BCUT2D eigenvalue weighted by atomic mass is 10.1. The zero-order valence-electron chi connectivity index (χ0n) is 13.0. The first kappa shape index (κ1) is 15.7. The first-order valence-electron chi connectivity index (χ1n) is 7.69. The minimum absolute atomic E-state index is 0.119. The number of thiazole rings is 1. The van der Waals surface area contributed by atoms with Crippen LogP contribution in [0.2, 0.25) is 0 Å². The summed E-state index contributed by atoms with van der Waals surface area (Å²) in [4.78, 5) is 30.9. The Morgan fingerprint density at radius 1 is 1.30 bits per heavy atom. The normalized spacial score (nSPS) is 13.5. The number of nitrogens with one attached hydrogen (secondary N) is 1. The number of hydrogen-bond donors (Lipinski definition) is 1. The Morgan fingerprint density at radius 3 is 2.83 bits per heavy atom. The third-order valence-corrected chi connectivity index (χ3v) is 4.84. The number of anilines is 1. The molecule has 0 radical (unpaired) electrons. The minimum Gasteiger partial charge on any atom is -0.337 e. The van der Waals surface area contributed by atoms with Gasteiger partial charge in [-0.05, 0) is 12.0 Å². The Morgan fingerprint density at radius 2 is 2.09 bits per heavy atom. The van der Waals surface area contributed by atoms with Crippen molar-refractivity contribution in [3.05, 3.63) is 46.5 Å². The molecule has 1 N–H and O–H groups in total. The van der Waals surface area contributed by atoms with E-state index < -0.39 is 0 Å².